The van der Waals surface area contributed by atoms with E-state index in [2.05, 4.69) is 29.4 Å². The predicted octanol–water partition coefficient (Wildman–Crippen LogP) is 0.843. The van der Waals surface area contributed by atoms with Crippen LogP contribution in [-0.4, -0.2) is 42.3 Å². The lowest BCUT2D eigenvalue weighted by Gasteiger charge is -2.35. The van der Waals surface area contributed by atoms with Crippen LogP contribution in [0, 0.1) is 11.3 Å². The van der Waals surface area contributed by atoms with Gasteiger partial charge in [0.15, 0.2) is 0 Å². The number of rotatable bonds is 6. The lowest BCUT2D eigenvalue weighted by molar-refractivity contribution is -0.117. The van der Waals surface area contributed by atoms with Gasteiger partial charge in [0.1, 0.15) is 11.7 Å². The molecule has 0 aromatic rings. The Hall–Kier alpha value is -2.02. The largest absolute Gasteiger partial charge is 0.402 e. The molecular formula is C17H32N6O. The lowest BCUT2D eigenvalue weighted by atomic mass is 10.0. The standard InChI is InChI=1S/C17H32N6O/c1-11(2)10-21-14-5-7-23(8-6-14)17(20)15(9-12(3)18)16(19)22-13(4)24/h9,11,14,21H,5-8,10,18,20H2,1-4H3,(H2,19,22,24)/b12-9-,17-15-. The summed E-state index contributed by atoms with van der Waals surface area (Å²) in [6, 6.07) is 0.501. The first-order valence-electron chi connectivity index (χ1n) is 8.49. The molecule has 7 nitrogen and oxygen atoms in total. The number of hydrogen-bond donors (Lipinski definition) is 5. The second-order valence-corrected chi connectivity index (χ2v) is 6.81. The summed E-state index contributed by atoms with van der Waals surface area (Å²) in [5.74, 6) is 0.797. The SMILES string of the molecule is CC(=O)NC(=N)C(/C=C(/C)N)=C(/N)N1CCC(NCC(C)C)CC1. The Labute approximate surface area is 145 Å². The minimum absolute atomic E-state index is 0.0233. The van der Waals surface area contributed by atoms with Crippen molar-refractivity contribution in [3.05, 3.63) is 23.2 Å². The van der Waals surface area contributed by atoms with Gasteiger partial charge in [0.25, 0.3) is 0 Å². The Morgan fingerprint density at radius 1 is 1.29 bits per heavy atom. The van der Waals surface area contributed by atoms with Gasteiger partial charge < -0.3 is 27.0 Å². The highest BCUT2D eigenvalue weighted by molar-refractivity contribution is 6.07. The van der Waals surface area contributed by atoms with Gasteiger partial charge in [-0.3, -0.25) is 10.2 Å². The molecule has 7 N–H and O–H groups in total. The highest BCUT2D eigenvalue weighted by atomic mass is 16.1. The number of likely N-dealkylation sites (tertiary alicyclic amines) is 1. The summed E-state index contributed by atoms with van der Waals surface area (Å²) in [5, 5.41) is 14.1. The maximum Gasteiger partial charge on any atom is 0.222 e. The average Bonchev–Trinajstić information content (AvgIpc) is 2.49. The molecule has 0 spiro atoms. The second-order valence-electron chi connectivity index (χ2n) is 6.81. The zero-order valence-electron chi connectivity index (χ0n) is 15.3. The molecule has 1 heterocycles. The van der Waals surface area contributed by atoms with Gasteiger partial charge in [-0.2, -0.15) is 0 Å². The smallest absolute Gasteiger partial charge is 0.222 e. The molecular weight excluding hydrogens is 304 g/mol. The summed E-state index contributed by atoms with van der Waals surface area (Å²) in [6.07, 6.45) is 3.63. The van der Waals surface area contributed by atoms with E-state index in [1.54, 1.807) is 13.0 Å². The van der Waals surface area contributed by atoms with E-state index in [4.69, 9.17) is 16.9 Å². The van der Waals surface area contributed by atoms with Gasteiger partial charge in [0.2, 0.25) is 5.91 Å². The lowest BCUT2D eigenvalue weighted by Crippen LogP contribution is -2.45. The van der Waals surface area contributed by atoms with Crippen LogP contribution in [0.5, 0.6) is 0 Å². The molecule has 0 aliphatic carbocycles. The minimum Gasteiger partial charge on any atom is -0.402 e. The predicted molar refractivity (Wildman–Crippen MR) is 98.1 cm³/mol. The monoisotopic (exact) mass is 336 g/mol. The van der Waals surface area contributed by atoms with E-state index >= 15 is 0 Å². The van der Waals surface area contributed by atoms with Gasteiger partial charge in [-0.1, -0.05) is 13.8 Å². The number of nitrogens with one attached hydrogen (secondary N) is 3. The second kappa shape index (κ2) is 9.32. The van der Waals surface area contributed by atoms with Crippen molar-refractivity contribution in [1.29, 1.82) is 5.41 Å². The molecule has 1 rings (SSSR count). The number of hydrogen-bond acceptors (Lipinski definition) is 6. The molecule has 1 saturated heterocycles. The van der Waals surface area contributed by atoms with Gasteiger partial charge in [0.05, 0.1) is 5.57 Å². The molecule has 1 aliphatic heterocycles. The summed E-state index contributed by atoms with van der Waals surface area (Å²) in [5.41, 5.74) is 13.0. The Kier molecular flexibility index (Phi) is 7.78. The van der Waals surface area contributed by atoms with E-state index in [9.17, 15) is 4.79 Å². The Balaban J connectivity index is 2.80. The zero-order chi connectivity index (χ0) is 18.3. The van der Waals surface area contributed by atoms with Gasteiger partial charge in [-0.05, 0) is 38.3 Å². The van der Waals surface area contributed by atoms with E-state index in [1.165, 1.54) is 6.92 Å². The third-order valence-corrected chi connectivity index (χ3v) is 3.87. The zero-order valence-corrected chi connectivity index (χ0v) is 15.3. The molecule has 24 heavy (non-hydrogen) atoms. The van der Waals surface area contributed by atoms with Crippen molar-refractivity contribution in [3.8, 4) is 0 Å². The fraction of sp³-hybridized carbons (Fsp3) is 0.647. The molecule has 0 aromatic carbocycles. The number of nitrogens with two attached hydrogens (primary N) is 2. The van der Waals surface area contributed by atoms with Crippen LogP contribution in [-0.2, 0) is 4.79 Å². The van der Waals surface area contributed by atoms with Crippen LogP contribution in [0.4, 0.5) is 0 Å². The average molecular weight is 336 g/mol. The molecule has 0 atom stereocenters. The van der Waals surface area contributed by atoms with Crippen molar-refractivity contribution in [1.82, 2.24) is 15.5 Å². The van der Waals surface area contributed by atoms with Crippen LogP contribution >= 0.6 is 0 Å². The van der Waals surface area contributed by atoms with Crippen molar-refractivity contribution in [2.45, 2.75) is 46.6 Å². The van der Waals surface area contributed by atoms with Crippen LogP contribution in [0.3, 0.4) is 0 Å². The molecule has 7 heteroatoms. The number of piperidine rings is 1. The quantitative estimate of drug-likeness (QED) is 0.280. The highest BCUT2D eigenvalue weighted by Gasteiger charge is 2.22. The maximum absolute atomic E-state index is 11.2. The van der Waals surface area contributed by atoms with Crippen molar-refractivity contribution in [2.75, 3.05) is 19.6 Å². The highest BCUT2D eigenvalue weighted by Crippen LogP contribution is 2.17. The van der Waals surface area contributed by atoms with Crippen LogP contribution in [0.1, 0.15) is 40.5 Å². The third-order valence-electron chi connectivity index (χ3n) is 3.87. The summed E-state index contributed by atoms with van der Waals surface area (Å²) in [6.45, 7) is 10.1. The third kappa shape index (κ3) is 6.62. The fourth-order valence-corrected chi connectivity index (χ4v) is 2.64. The van der Waals surface area contributed by atoms with Gasteiger partial charge in [-0.15, -0.1) is 0 Å². The molecule has 0 aromatic heterocycles. The number of carbonyl (C=O) groups excluding carboxylic acids is 1. The topological polar surface area (TPSA) is 120 Å². The molecule has 0 unspecified atom stereocenters. The fourth-order valence-electron chi connectivity index (χ4n) is 2.64. The molecule has 0 bridgehead atoms. The van der Waals surface area contributed by atoms with Gasteiger partial charge in [-0.25, -0.2) is 0 Å². The molecule has 136 valence electrons. The maximum atomic E-state index is 11.2. The van der Waals surface area contributed by atoms with Crippen molar-refractivity contribution >= 4 is 11.7 Å². The number of allylic oxidation sites excluding steroid dienone is 1. The minimum atomic E-state index is -0.301. The molecule has 0 radical (unpaired) electrons. The summed E-state index contributed by atoms with van der Waals surface area (Å²) in [7, 11) is 0. The van der Waals surface area contributed by atoms with E-state index in [0.717, 1.165) is 32.5 Å². The van der Waals surface area contributed by atoms with Crippen molar-refractivity contribution in [3.63, 3.8) is 0 Å². The summed E-state index contributed by atoms with van der Waals surface area (Å²) < 4.78 is 0. The Bertz CT molecular complexity index is 511. The van der Waals surface area contributed by atoms with E-state index in [-0.39, 0.29) is 11.7 Å². The number of carbonyl (C=O) groups is 1. The first-order valence-corrected chi connectivity index (χ1v) is 8.49. The van der Waals surface area contributed by atoms with Gasteiger partial charge in [0, 0.05) is 31.8 Å². The van der Waals surface area contributed by atoms with Crippen molar-refractivity contribution < 1.29 is 4.79 Å². The number of amidine groups is 1. The number of amides is 1. The first-order chi connectivity index (χ1) is 11.2. The molecule has 0 saturated carbocycles. The van der Waals surface area contributed by atoms with Crippen LogP contribution < -0.4 is 22.1 Å². The molecule has 1 fully saturated rings. The van der Waals surface area contributed by atoms with Gasteiger partial charge >= 0.3 is 0 Å². The van der Waals surface area contributed by atoms with E-state index < -0.39 is 0 Å². The van der Waals surface area contributed by atoms with E-state index in [0.29, 0.717) is 29.1 Å². The van der Waals surface area contributed by atoms with E-state index in [1.807, 2.05) is 0 Å². The molecule has 1 amide bonds. The first kappa shape index (κ1) is 20.0. The van der Waals surface area contributed by atoms with Crippen LogP contribution in [0.25, 0.3) is 0 Å². The summed E-state index contributed by atoms with van der Waals surface area (Å²) >= 11 is 0. The Morgan fingerprint density at radius 2 is 1.88 bits per heavy atom. The van der Waals surface area contributed by atoms with Crippen molar-refractivity contribution in [2.24, 2.45) is 17.4 Å². The Morgan fingerprint density at radius 3 is 2.33 bits per heavy atom. The summed E-state index contributed by atoms with van der Waals surface area (Å²) in [4.78, 5) is 13.3. The number of nitrogens with zero attached hydrogens (tertiary/aromatic N) is 1. The molecule has 1 aliphatic rings. The van der Waals surface area contributed by atoms with Crippen LogP contribution in [0.15, 0.2) is 23.2 Å². The normalized spacial score (nSPS) is 17.7. The van der Waals surface area contributed by atoms with Crippen LogP contribution in [0.2, 0.25) is 0 Å².